The summed E-state index contributed by atoms with van der Waals surface area (Å²) in [6, 6.07) is 20.6. The Morgan fingerprint density at radius 3 is 2.45 bits per heavy atom. The van der Waals surface area contributed by atoms with Crippen molar-refractivity contribution in [2.24, 2.45) is 15.9 Å². The van der Waals surface area contributed by atoms with Crippen LogP contribution in [0.3, 0.4) is 0 Å². The minimum absolute atomic E-state index is 0.0619. The molecule has 2 aliphatic rings. The molecule has 1 unspecified atom stereocenters. The molecule has 0 aliphatic heterocycles. The molecule has 44 heavy (non-hydrogen) atoms. The van der Waals surface area contributed by atoms with E-state index >= 15 is 0 Å². The van der Waals surface area contributed by atoms with Gasteiger partial charge in [0.25, 0.3) is 0 Å². The van der Waals surface area contributed by atoms with Crippen LogP contribution in [-0.2, 0) is 6.42 Å². The molecule has 0 amide bonds. The van der Waals surface area contributed by atoms with Crippen molar-refractivity contribution in [3.8, 4) is 11.1 Å². The number of nitrogens with zero attached hydrogens (tertiary/aromatic N) is 2. The van der Waals surface area contributed by atoms with E-state index in [9.17, 15) is 0 Å². The summed E-state index contributed by atoms with van der Waals surface area (Å²) in [4.78, 5) is 9.78. The van der Waals surface area contributed by atoms with Crippen LogP contribution in [-0.4, -0.2) is 17.9 Å². The van der Waals surface area contributed by atoms with Crippen LogP contribution >= 0.6 is 0 Å². The van der Waals surface area contributed by atoms with E-state index in [1.807, 2.05) is 73.0 Å². The van der Waals surface area contributed by atoms with E-state index < -0.39 is 0 Å². The second-order valence-electron chi connectivity index (χ2n) is 11.1. The third-order valence-electron chi connectivity index (χ3n) is 8.22. The van der Waals surface area contributed by atoms with Gasteiger partial charge >= 0.3 is 0 Å². The number of hydrogen-bond donors (Lipinski definition) is 1. The summed E-state index contributed by atoms with van der Waals surface area (Å²) in [5, 5.41) is 11.9. The van der Waals surface area contributed by atoms with E-state index in [0.29, 0.717) is 18.1 Å². The van der Waals surface area contributed by atoms with E-state index in [0.717, 1.165) is 86.6 Å². The molecule has 0 saturated carbocycles. The normalized spacial score (nSPS) is 16.9. The van der Waals surface area contributed by atoms with Crippen molar-refractivity contribution >= 4 is 50.8 Å². The SMILES string of the molecule is C=CCCc1oc2cccc(-c3cccc4oc5ccccc5c34)c2c1C=NC(=NC(=N)C1C=CC=CC1)C1=CCCC=C1. The van der Waals surface area contributed by atoms with E-state index in [-0.39, 0.29) is 5.92 Å². The number of aryl methyl sites for hydroxylation is 1. The lowest BCUT2D eigenvalue weighted by Gasteiger charge is -2.13. The molecule has 0 spiro atoms. The molecular weight excluding hydrogens is 542 g/mol. The number of hydrogen-bond acceptors (Lipinski definition) is 3. The average molecular weight is 576 g/mol. The molecule has 3 aromatic carbocycles. The van der Waals surface area contributed by atoms with Gasteiger partial charge in [-0.05, 0) is 55.0 Å². The first-order valence-corrected chi connectivity index (χ1v) is 15.2. The summed E-state index contributed by atoms with van der Waals surface area (Å²) in [7, 11) is 0. The van der Waals surface area contributed by atoms with Crippen LogP contribution in [0.25, 0.3) is 44.0 Å². The van der Waals surface area contributed by atoms with Crippen LogP contribution in [0.4, 0.5) is 0 Å². The zero-order chi connectivity index (χ0) is 29.9. The van der Waals surface area contributed by atoms with Gasteiger partial charge in [-0.25, -0.2) is 9.98 Å². The number of benzene rings is 3. The standard InChI is InChI=1S/C39H33N3O2/c1-2-3-21-33-31(25-41-39(27-16-8-5-9-17-27)42-38(40)26-14-6-4-7-15-26)37-29(20-13-24-35(37)44-33)28-19-12-23-34-36(28)30-18-10-11-22-32(30)43-34/h2,4,6-8,10-14,16-20,22-26,40H,1,3,5,9,15,21H2. The number of aliphatic imine (C=N–C) groups is 2. The van der Waals surface area contributed by atoms with Gasteiger partial charge in [0.2, 0.25) is 0 Å². The third kappa shape index (κ3) is 5.22. The minimum atomic E-state index is -0.0619. The van der Waals surface area contributed by atoms with Gasteiger partial charge in [-0.15, -0.1) is 6.58 Å². The van der Waals surface area contributed by atoms with Crippen LogP contribution in [0.1, 0.15) is 37.0 Å². The highest BCUT2D eigenvalue weighted by atomic mass is 16.3. The lowest BCUT2D eigenvalue weighted by atomic mass is 9.94. The van der Waals surface area contributed by atoms with Crippen molar-refractivity contribution in [3.63, 3.8) is 0 Å². The van der Waals surface area contributed by atoms with Gasteiger partial charge < -0.3 is 8.83 Å². The third-order valence-corrected chi connectivity index (χ3v) is 8.22. The van der Waals surface area contributed by atoms with Crippen molar-refractivity contribution < 1.29 is 8.83 Å². The lowest BCUT2D eigenvalue weighted by molar-refractivity contribution is 0.549. The summed E-state index contributed by atoms with van der Waals surface area (Å²) >= 11 is 0. The Morgan fingerprint density at radius 1 is 0.886 bits per heavy atom. The highest BCUT2D eigenvalue weighted by Gasteiger charge is 2.21. The van der Waals surface area contributed by atoms with Crippen molar-refractivity contribution in [3.05, 3.63) is 133 Å². The largest absolute Gasteiger partial charge is 0.460 e. The highest BCUT2D eigenvalue weighted by Crippen LogP contribution is 2.41. The Morgan fingerprint density at radius 2 is 1.68 bits per heavy atom. The second kappa shape index (κ2) is 12.1. The van der Waals surface area contributed by atoms with Crippen LogP contribution in [0.2, 0.25) is 0 Å². The Bertz CT molecular complexity index is 2090. The predicted octanol–water partition coefficient (Wildman–Crippen LogP) is 10.3. The summed E-state index contributed by atoms with van der Waals surface area (Å²) in [6.45, 7) is 3.94. The smallest absolute Gasteiger partial charge is 0.160 e. The average Bonchev–Trinajstić information content (AvgIpc) is 3.64. The Kier molecular flexibility index (Phi) is 7.60. The first-order valence-electron chi connectivity index (χ1n) is 15.2. The molecule has 0 radical (unpaired) electrons. The maximum absolute atomic E-state index is 8.79. The van der Waals surface area contributed by atoms with E-state index in [2.05, 4.69) is 49.1 Å². The summed E-state index contributed by atoms with van der Waals surface area (Å²) < 4.78 is 12.7. The molecule has 2 heterocycles. The first-order chi connectivity index (χ1) is 21.7. The maximum atomic E-state index is 8.79. The monoisotopic (exact) mass is 575 g/mol. The van der Waals surface area contributed by atoms with Gasteiger partial charge in [0, 0.05) is 45.8 Å². The molecular formula is C39H33N3O2. The summed E-state index contributed by atoms with van der Waals surface area (Å²) in [6.07, 6.45) is 22.4. The van der Waals surface area contributed by atoms with Crippen LogP contribution < -0.4 is 0 Å². The molecule has 1 N–H and O–H groups in total. The minimum Gasteiger partial charge on any atom is -0.460 e. The molecule has 5 heteroatoms. The molecule has 7 rings (SSSR count). The number of allylic oxidation sites excluding steroid dienone is 6. The Balaban J connectivity index is 1.40. The van der Waals surface area contributed by atoms with Gasteiger partial charge in [-0.2, -0.15) is 0 Å². The van der Waals surface area contributed by atoms with Crippen molar-refractivity contribution in [2.45, 2.75) is 32.1 Å². The number of furan rings is 2. The Labute approximate surface area is 256 Å². The Hall–Kier alpha value is -5.29. The van der Waals surface area contributed by atoms with Crippen LogP contribution in [0.15, 0.2) is 140 Å². The molecule has 5 nitrogen and oxygen atoms in total. The maximum Gasteiger partial charge on any atom is 0.160 e. The zero-order valence-corrected chi connectivity index (χ0v) is 24.5. The van der Waals surface area contributed by atoms with Gasteiger partial charge in [-0.1, -0.05) is 91.1 Å². The predicted molar refractivity (Wildman–Crippen MR) is 183 cm³/mol. The van der Waals surface area contributed by atoms with E-state index in [1.165, 1.54) is 0 Å². The second-order valence-corrected chi connectivity index (χ2v) is 11.1. The van der Waals surface area contributed by atoms with Crippen molar-refractivity contribution in [1.82, 2.24) is 0 Å². The summed E-state index contributed by atoms with van der Waals surface area (Å²) in [5.74, 6) is 1.63. The molecule has 216 valence electrons. The summed E-state index contributed by atoms with van der Waals surface area (Å²) in [5.41, 5.74) is 6.50. The van der Waals surface area contributed by atoms with Crippen LogP contribution in [0, 0.1) is 11.3 Å². The van der Waals surface area contributed by atoms with Gasteiger partial charge in [0.1, 0.15) is 28.3 Å². The number of rotatable bonds is 7. The zero-order valence-electron chi connectivity index (χ0n) is 24.5. The van der Waals surface area contributed by atoms with Crippen LogP contribution in [0.5, 0.6) is 0 Å². The number of fused-ring (bicyclic) bond motifs is 4. The molecule has 2 aliphatic carbocycles. The number of nitrogens with one attached hydrogen (secondary N) is 1. The molecule has 0 fully saturated rings. The van der Waals surface area contributed by atoms with Gasteiger partial charge in [-0.3, -0.25) is 5.41 Å². The fourth-order valence-corrected chi connectivity index (χ4v) is 6.05. The van der Waals surface area contributed by atoms with Gasteiger partial charge in [0.15, 0.2) is 5.84 Å². The fourth-order valence-electron chi connectivity index (χ4n) is 6.05. The van der Waals surface area contributed by atoms with Crippen molar-refractivity contribution in [1.29, 1.82) is 5.41 Å². The van der Waals surface area contributed by atoms with Crippen molar-refractivity contribution in [2.75, 3.05) is 0 Å². The highest BCUT2D eigenvalue weighted by molar-refractivity contribution is 6.18. The number of amidine groups is 2. The fraction of sp³-hybridized carbons (Fsp3) is 0.154. The van der Waals surface area contributed by atoms with E-state index in [1.54, 1.807) is 0 Å². The molecule has 0 bridgehead atoms. The molecule has 5 aromatic rings. The first kappa shape index (κ1) is 27.5. The topological polar surface area (TPSA) is 74.8 Å². The van der Waals surface area contributed by atoms with E-state index in [4.69, 9.17) is 24.2 Å². The molecule has 1 atom stereocenters. The molecule has 2 aromatic heterocycles. The molecule has 0 saturated heterocycles. The van der Waals surface area contributed by atoms with Gasteiger partial charge in [0.05, 0.1) is 0 Å². The quantitative estimate of drug-likeness (QED) is 0.119. The lowest BCUT2D eigenvalue weighted by Crippen LogP contribution is -2.13. The number of para-hydroxylation sites is 1.